The summed E-state index contributed by atoms with van der Waals surface area (Å²) < 4.78 is 11.5. The summed E-state index contributed by atoms with van der Waals surface area (Å²) in [6, 6.07) is 5.93. The van der Waals surface area contributed by atoms with Crippen LogP contribution in [0.2, 0.25) is 0 Å². The fourth-order valence-electron chi connectivity index (χ4n) is 5.52. The number of ether oxygens (including phenoxy) is 1. The van der Waals surface area contributed by atoms with Crippen molar-refractivity contribution in [2.75, 3.05) is 31.1 Å². The minimum Gasteiger partial charge on any atom is -0.459 e. The molecule has 174 valence electrons. The lowest BCUT2D eigenvalue weighted by atomic mass is 9.81. The summed E-state index contributed by atoms with van der Waals surface area (Å²) in [6.45, 7) is 7.18. The van der Waals surface area contributed by atoms with Crippen molar-refractivity contribution >= 4 is 11.7 Å². The molecule has 0 aromatic carbocycles. The average molecular weight is 449 g/mol. The van der Waals surface area contributed by atoms with Gasteiger partial charge in [-0.15, -0.1) is 0 Å². The van der Waals surface area contributed by atoms with E-state index in [1.165, 1.54) is 25.5 Å². The Kier molecular flexibility index (Phi) is 5.88. The zero-order valence-electron chi connectivity index (χ0n) is 19.6. The molecule has 2 fully saturated rings. The summed E-state index contributed by atoms with van der Waals surface area (Å²) >= 11 is 0. The Morgan fingerprint density at radius 2 is 1.91 bits per heavy atom. The van der Waals surface area contributed by atoms with Gasteiger partial charge in [-0.2, -0.15) is 5.26 Å². The number of carbonyl (C=O) groups excluding carboxylic acids is 1. The predicted octanol–water partition coefficient (Wildman–Crippen LogP) is 4.41. The molecule has 0 unspecified atom stereocenters. The molecule has 0 N–H and O–H groups in total. The number of amides is 1. The van der Waals surface area contributed by atoms with Gasteiger partial charge in [-0.05, 0) is 44.4 Å². The smallest absolute Gasteiger partial charge is 0.289 e. The Labute approximate surface area is 195 Å². The highest BCUT2D eigenvalue weighted by atomic mass is 16.5. The minimum absolute atomic E-state index is 0.0830. The lowest BCUT2D eigenvalue weighted by Crippen LogP contribution is -2.49. The van der Waals surface area contributed by atoms with Gasteiger partial charge in [-0.3, -0.25) is 4.79 Å². The topological polar surface area (TPSA) is 82.6 Å². The van der Waals surface area contributed by atoms with Crippen molar-refractivity contribution in [3.63, 3.8) is 0 Å². The molecule has 1 saturated heterocycles. The molecule has 7 nitrogen and oxygen atoms in total. The Morgan fingerprint density at radius 1 is 1.15 bits per heavy atom. The van der Waals surface area contributed by atoms with Crippen LogP contribution in [0.5, 0.6) is 0 Å². The van der Waals surface area contributed by atoms with Gasteiger partial charge in [0.25, 0.3) is 5.91 Å². The maximum atomic E-state index is 12.7. The van der Waals surface area contributed by atoms with Crippen LogP contribution in [0, 0.1) is 11.3 Å². The predicted molar refractivity (Wildman–Crippen MR) is 124 cm³/mol. The van der Waals surface area contributed by atoms with Gasteiger partial charge in [0.1, 0.15) is 11.9 Å². The quantitative estimate of drug-likeness (QED) is 0.692. The molecule has 0 bridgehead atoms. The van der Waals surface area contributed by atoms with Crippen molar-refractivity contribution in [1.29, 1.82) is 5.26 Å². The van der Waals surface area contributed by atoms with E-state index in [0.29, 0.717) is 50.0 Å². The van der Waals surface area contributed by atoms with Crippen molar-refractivity contribution in [2.24, 2.45) is 0 Å². The van der Waals surface area contributed by atoms with Crippen molar-refractivity contribution < 1.29 is 13.9 Å². The third kappa shape index (κ3) is 4.24. The first-order valence-electron chi connectivity index (χ1n) is 12.1. The number of hydrogen-bond donors (Lipinski definition) is 0. The first kappa shape index (κ1) is 22.0. The maximum absolute atomic E-state index is 12.7. The second-order valence-electron chi connectivity index (χ2n) is 10.1. The third-order valence-electron chi connectivity index (χ3n) is 7.34. The molecule has 1 amide bonds. The molecular weight excluding hydrogens is 416 g/mol. The Balaban J connectivity index is 1.47. The van der Waals surface area contributed by atoms with Gasteiger partial charge in [0.05, 0.1) is 29.7 Å². The van der Waals surface area contributed by atoms with Crippen LogP contribution in [-0.4, -0.2) is 47.6 Å². The second-order valence-corrected chi connectivity index (χ2v) is 10.1. The summed E-state index contributed by atoms with van der Waals surface area (Å²) in [6.07, 6.45) is 8.30. The number of aromatic nitrogens is 1. The summed E-state index contributed by atoms with van der Waals surface area (Å²) in [5.41, 5.74) is 3.80. The number of anilines is 1. The molecular formula is C26H32N4O3. The van der Waals surface area contributed by atoms with Crippen LogP contribution in [0.15, 0.2) is 22.8 Å². The average Bonchev–Trinajstić information content (AvgIpc) is 3.37. The first-order valence-corrected chi connectivity index (χ1v) is 12.1. The van der Waals surface area contributed by atoms with Crippen LogP contribution in [0.25, 0.3) is 0 Å². The van der Waals surface area contributed by atoms with E-state index < -0.39 is 0 Å². The second kappa shape index (κ2) is 8.83. The van der Waals surface area contributed by atoms with Crippen molar-refractivity contribution in [2.45, 2.75) is 70.5 Å². The number of nitriles is 1. The maximum Gasteiger partial charge on any atom is 0.289 e. The van der Waals surface area contributed by atoms with Gasteiger partial charge in [0.2, 0.25) is 0 Å². The third-order valence-corrected chi connectivity index (χ3v) is 7.34. The molecule has 2 aliphatic heterocycles. The molecule has 0 spiro atoms. The number of piperazine rings is 1. The molecule has 33 heavy (non-hydrogen) atoms. The van der Waals surface area contributed by atoms with Crippen molar-refractivity contribution in [3.05, 3.63) is 46.5 Å². The molecule has 7 heteroatoms. The highest BCUT2D eigenvalue weighted by Crippen LogP contribution is 2.41. The van der Waals surface area contributed by atoms with E-state index in [-0.39, 0.29) is 11.5 Å². The molecule has 2 aromatic heterocycles. The molecule has 2 aromatic rings. The summed E-state index contributed by atoms with van der Waals surface area (Å²) in [7, 11) is 0. The molecule has 0 atom stereocenters. The fourth-order valence-corrected chi connectivity index (χ4v) is 5.52. The van der Waals surface area contributed by atoms with Crippen LogP contribution >= 0.6 is 0 Å². The van der Waals surface area contributed by atoms with Crippen LogP contribution in [0.3, 0.4) is 0 Å². The SMILES string of the molecule is CC1(C)Cc2c(C#N)c(N3CCN(C(=O)c4ccco4)CC3)nc(C3CCCCC3)c2CO1. The largest absolute Gasteiger partial charge is 0.459 e. The van der Waals surface area contributed by atoms with E-state index in [2.05, 4.69) is 24.8 Å². The molecule has 1 aliphatic carbocycles. The molecule has 5 rings (SSSR count). The lowest BCUT2D eigenvalue weighted by Gasteiger charge is -2.39. The number of carbonyl (C=O) groups is 1. The van der Waals surface area contributed by atoms with Gasteiger partial charge in [0.15, 0.2) is 5.76 Å². The highest BCUT2D eigenvalue weighted by Gasteiger charge is 2.35. The van der Waals surface area contributed by atoms with Crippen LogP contribution in [0.1, 0.15) is 84.8 Å². The monoisotopic (exact) mass is 448 g/mol. The number of nitrogens with zero attached hydrogens (tertiary/aromatic N) is 4. The lowest BCUT2D eigenvalue weighted by molar-refractivity contribution is -0.0409. The van der Waals surface area contributed by atoms with E-state index in [1.807, 2.05) is 4.90 Å². The molecule has 0 radical (unpaired) electrons. The van der Waals surface area contributed by atoms with E-state index >= 15 is 0 Å². The number of hydrogen-bond acceptors (Lipinski definition) is 6. The summed E-state index contributed by atoms with van der Waals surface area (Å²) in [5.74, 6) is 1.51. The summed E-state index contributed by atoms with van der Waals surface area (Å²) in [4.78, 5) is 21.9. The molecule has 3 aliphatic rings. The van der Waals surface area contributed by atoms with Crippen molar-refractivity contribution in [3.8, 4) is 6.07 Å². The Bertz CT molecular complexity index is 1060. The van der Waals surface area contributed by atoms with Gasteiger partial charge in [-0.25, -0.2) is 4.98 Å². The van der Waals surface area contributed by atoms with Crippen molar-refractivity contribution in [1.82, 2.24) is 9.88 Å². The van der Waals surface area contributed by atoms with Gasteiger partial charge >= 0.3 is 0 Å². The van der Waals surface area contributed by atoms with E-state index in [9.17, 15) is 10.1 Å². The highest BCUT2D eigenvalue weighted by molar-refractivity contribution is 5.91. The minimum atomic E-state index is -0.296. The normalized spacial score (nSPS) is 20.9. The Hall–Kier alpha value is -2.85. The first-order chi connectivity index (χ1) is 16.0. The van der Waals surface area contributed by atoms with E-state index in [4.69, 9.17) is 14.1 Å². The van der Waals surface area contributed by atoms with Crippen LogP contribution in [-0.2, 0) is 17.8 Å². The fraction of sp³-hybridized carbons (Fsp3) is 0.577. The number of rotatable bonds is 3. The number of furan rings is 1. The summed E-state index contributed by atoms with van der Waals surface area (Å²) in [5, 5.41) is 10.2. The number of pyridine rings is 1. The van der Waals surface area contributed by atoms with Gasteiger partial charge in [-0.1, -0.05) is 19.3 Å². The zero-order chi connectivity index (χ0) is 23.0. The van der Waals surface area contributed by atoms with Crippen LogP contribution < -0.4 is 4.90 Å². The molecule has 1 saturated carbocycles. The Morgan fingerprint density at radius 3 is 2.58 bits per heavy atom. The number of fused-ring (bicyclic) bond motifs is 1. The molecule has 4 heterocycles. The standard InChI is InChI=1S/C26H32N4O3/c1-26(2)15-19-20(16-27)24(28-23(21(19)17-33-26)18-7-4-3-5-8-18)29-10-12-30(13-11-29)25(31)22-9-6-14-32-22/h6,9,14,18H,3-5,7-8,10-13,15,17H2,1-2H3. The van der Waals surface area contributed by atoms with Gasteiger partial charge < -0.3 is 19.0 Å². The van der Waals surface area contributed by atoms with E-state index in [0.717, 1.165) is 41.9 Å². The van der Waals surface area contributed by atoms with E-state index in [1.54, 1.807) is 12.1 Å². The van der Waals surface area contributed by atoms with Crippen LogP contribution in [0.4, 0.5) is 5.82 Å². The van der Waals surface area contributed by atoms with Gasteiger partial charge in [0, 0.05) is 44.1 Å². The zero-order valence-corrected chi connectivity index (χ0v) is 19.6.